The van der Waals surface area contributed by atoms with Crippen LogP contribution >= 0.6 is 0 Å². The van der Waals surface area contributed by atoms with E-state index in [4.69, 9.17) is 4.42 Å². The molecule has 5 heteroatoms. The normalized spacial score (nSPS) is 10.9. The Morgan fingerprint density at radius 2 is 1.93 bits per heavy atom. The molecule has 0 unspecified atom stereocenters. The SMILES string of the molecule is Cc1ccc2nc(-c3ccco3)cc(C(=O)NCc3ccc(F)cc3)c2c1. The van der Waals surface area contributed by atoms with Gasteiger partial charge < -0.3 is 9.73 Å². The van der Waals surface area contributed by atoms with Crippen molar-refractivity contribution < 1.29 is 13.6 Å². The molecule has 0 atom stereocenters. The van der Waals surface area contributed by atoms with Gasteiger partial charge in [0.1, 0.15) is 11.5 Å². The molecule has 0 spiro atoms. The predicted molar refractivity (Wildman–Crippen MR) is 102 cm³/mol. The van der Waals surface area contributed by atoms with E-state index in [9.17, 15) is 9.18 Å². The number of nitrogens with zero attached hydrogens (tertiary/aromatic N) is 1. The molecule has 2 heterocycles. The van der Waals surface area contributed by atoms with Gasteiger partial charge in [0.15, 0.2) is 5.76 Å². The molecule has 0 bridgehead atoms. The van der Waals surface area contributed by atoms with E-state index >= 15 is 0 Å². The first-order valence-corrected chi connectivity index (χ1v) is 8.58. The van der Waals surface area contributed by atoms with Gasteiger partial charge in [0, 0.05) is 11.9 Å². The van der Waals surface area contributed by atoms with Gasteiger partial charge in [-0.1, -0.05) is 23.8 Å². The summed E-state index contributed by atoms with van der Waals surface area (Å²) in [6.07, 6.45) is 1.57. The van der Waals surface area contributed by atoms with Crippen molar-refractivity contribution in [2.45, 2.75) is 13.5 Å². The Bertz CT molecular complexity index is 1100. The number of nitrogens with one attached hydrogen (secondary N) is 1. The highest BCUT2D eigenvalue weighted by Gasteiger charge is 2.15. The van der Waals surface area contributed by atoms with Crippen molar-refractivity contribution in [3.05, 3.63) is 89.4 Å². The summed E-state index contributed by atoms with van der Waals surface area (Å²) >= 11 is 0. The smallest absolute Gasteiger partial charge is 0.252 e. The third kappa shape index (κ3) is 3.58. The number of carbonyl (C=O) groups is 1. The lowest BCUT2D eigenvalue weighted by atomic mass is 10.0. The molecule has 1 N–H and O–H groups in total. The van der Waals surface area contributed by atoms with Crippen LogP contribution in [0.1, 0.15) is 21.5 Å². The lowest BCUT2D eigenvalue weighted by molar-refractivity contribution is 0.0952. The van der Waals surface area contributed by atoms with Gasteiger partial charge in [-0.05, 0) is 55.0 Å². The molecule has 4 rings (SSSR count). The van der Waals surface area contributed by atoms with E-state index in [0.29, 0.717) is 23.6 Å². The third-order valence-electron chi connectivity index (χ3n) is 4.35. The van der Waals surface area contributed by atoms with Crippen molar-refractivity contribution in [3.63, 3.8) is 0 Å². The zero-order chi connectivity index (χ0) is 18.8. The van der Waals surface area contributed by atoms with Gasteiger partial charge in [-0.15, -0.1) is 0 Å². The van der Waals surface area contributed by atoms with E-state index in [0.717, 1.165) is 22.0 Å². The van der Waals surface area contributed by atoms with Crippen LogP contribution in [0.5, 0.6) is 0 Å². The molecule has 2 aromatic heterocycles. The molecule has 0 saturated heterocycles. The molecule has 1 amide bonds. The fourth-order valence-corrected chi connectivity index (χ4v) is 2.96. The molecule has 2 aromatic carbocycles. The summed E-state index contributed by atoms with van der Waals surface area (Å²) < 4.78 is 18.5. The number of hydrogen-bond donors (Lipinski definition) is 1. The summed E-state index contributed by atoms with van der Waals surface area (Å²) in [4.78, 5) is 17.5. The number of rotatable bonds is 4. The maximum absolute atomic E-state index is 13.0. The Morgan fingerprint density at radius 1 is 1.11 bits per heavy atom. The summed E-state index contributed by atoms with van der Waals surface area (Å²) in [5.74, 6) is 0.0824. The average Bonchev–Trinajstić information content (AvgIpc) is 3.21. The largest absolute Gasteiger partial charge is 0.463 e. The molecular weight excluding hydrogens is 343 g/mol. The van der Waals surface area contributed by atoms with Crippen LogP contribution in [0.2, 0.25) is 0 Å². The molecule has 0 aliphatic carbocycles. The molecule has 0 radical (unpaired) electrons. The Labute approximate surface area is 155 Å². The number of amides is 1. The van der Waals surface area contributed by atoms with Gasteiger partial charge in [0.05, 0.1) is 17.3 Å². The van der Waals surface area contributed by atoms with E-state index in [2.05, 4.69) is 10.3 Å². The Morgan fingerprint density at radius 3 is 2.67 bits per heavy atom. The van der Waals surface area contributed by atoms with Crippen molar-refractivity contribution in [3.8, 4) is 11.5 Å². The van der Waals surface area contributed by atoms with E-state index < -0.39 is 0 Å². The van der Waals surface area contributed by atoms with Gasteiger partial charge in [-0.3, -0.25) is 4.79 Å². The summed E-state index contributed by atoms with van der Waals surface area (Å²) in [6.45, 7) is 2.28. The maximum Gasteiger partial charge on any atom is 0.252 e. The molecule has 0 saturated carbocycles. The molecule has 0 aliphatic rings. The zero-order valence-corrected chi connectivity index (χ0v) is 14.7. The minimum Gasteiger partial charge on any atom is -0.463 e. The average molecular weight is 360 g/mol. The minimum atomic E-state index is -0.302. The molecular formula is C22H17FN2O2. The first-order valence-electron chi connectivity index (χ1n) is 8.58. The van der Waals surface area contributed by atoms with Crippen molar-refractivity contribution in [2.24, 2.45) is 0 Å². The number of pyridine rings is 1. The Balaban J connectivity index is 1.70. The summed E-state index contributed by atoms with van der Waals surface area (Å²) in [5, 5.41) is 3.68. The number of halogens is 1. The lowest BCUT2D eigenvalue weighted by Crippen LogP contribution is -2.23. The van der Waals surface area contributed by atoms with Crippen LogP contribution in [-0.2, 0) is 6.54 Å². The summed E-state index contributed by atoms with van der Waals surface area (Å²) in [5.41, 5.74) is 3.72. The van der Waals surface area contributed by atoms with Crippen LogP contribution in [0, 0.1) is 12.7 Å². The van der Waals surface area contributed by atoms with Crippen molar-refractivity contribution in [2.75, 3.05) is 0 Å². The van der Waals surface area contributed by atoms with E-state index in [1.165, 1.54) is 12.1 Å². The van der Waals surface area contributed by atoms with Crippen LogP contribution in [0.25, 0.3) is 22.4 Å². The lowest BCUT2D eigenvalue weighted by Gasteiger charge is -2.10. The van der Waals surface area contributed by atoms with Crippen LogP contribution in [0.4, 0.5) is 4.39 Å². The monoisotopic (exact) mass is 360 g/mol. The fraction of sp³-hybridized carbons (Fsp3) is 0.0909. The van der Waals surface area contributed by atoms with Crippen molar-refractivity contribution in [1.29, 1.82) is 0 Å². The Hall–Kier alpha value is -3.47. The molecule has 4 aromatic rings. The van der Waals surface area contributed by atoms with Gasteiger partial charge in [0.25, 0.3) is 5.91 Å². The molecule has 0 aliphatic heterocycles. The van der Waals surface area contributed by atoms with E-state index in [-0.39, 0.29) is 11.7 Å². The highest BCUT2D eigenvalue weighted by molar-refractivity contribution is 6.07. The quantitative estimate of drug-likeness (QED) is 0.565. The van der Waals surface area contributed by atoms with Gasteiger partial charge >= 0.3 is 0 Å². The minimum absolute atomic E-state index is 0.217. The number of aromatic nitrogens is 1. The van der Waals surface area contributed by atoms with E-state index in [1.807, 2.05) is 31.2 Å². The van der Waals surface area contributed by atoms with Gasteiger partial charge in [-0.2, -0.15) is 0 Å². The first-order chi connectivity index (χ1) is 13.1. The maximum atomic E-state index is 13.0. The first kappa shape index (κ1) is 17.0. The summed E-state index contributed by atoms with van der Waals surface area (Å²) in [7, 11) is 0. The number of aryl methyl sites for hydroxylation is 1. The second-order valence-corrected chi connectivity index (χ2v) is 6.36. The van der Waals surface area contributed by atoms with Gasteiger partial charge in [-0.25, -0.2) is 9.37 Å². The number of hydrogen-bond acceptors (Lipinski definition) is 3. The highest BCUT2D eigenvalue weighted by atomic mass is 19.1. The Kier molecular flexibility index (Phi) is 4.42. The van der Waals surface area contributed by atoms with Crippen molar-refractivity contribution in [1.82, 2.24) is 10.3 Å². The van der Waals surface area contributed by atoms with Crippen LogP contribution < -0.4 is 5.32 Å². The number of fused-ring (bicyclic) bond motifs is 1. The van der Waals surface area contributed by atoms with Crippen LogP contribution in [-0.4, -0.2) is 10.9 Å². The second-order valence-electron chi connectivity index (χ2n) is 6.36. The number of benzene rings is 2. The summed E-state index contributed by atoms with van der Waals surface area (Å²) in [6, 6.07) is 17.2. The van der Waals surface area contributed by atoms with Gasteiger partial charge in [0.2, 0.25) is 0 Å². The fourth-order valence-electron chi connectivity index (χ4n) is 2.96. The van der Waals surface area contributed by atoms with Crippen LogP contribution in [0.3, 0.4) is 0 Å². The van der Waals surface area contributed by atoms with Crippen molar-refractivity contribution >= 4 is 16.8 Å². The van der Waals surface area contributed by atoms with Crippen LogP contribution in [0.15, 0.2) is 71.3 Å². The topological polar surface area (TPSA) is 55.1 Å². The second kappa shape index (κ2) is 7.03. The third-order valence-corrected chi connectivity index (χ3v) is 4.35. The highest BCUT2D eigenvalue weighted by Crippen LogP contribution is 2.26. The molecule has 134 valence electrons. The number of furan rings is 1. The number of carbonyl (C=O) groups excluding carboxylic acids is 1. The predicted octanol–water partition coefficient (Wildman–Crippen LogP) is 4.87. The standard InChI is InChI=1S/C22H17FN2O2/c1-14-4-9-19-17(11-14)18(12-20(25-19)21-3-2-10-27-21)22(26)24-13-15-5-7-16(23)8-6-15/h2-12H,13H2,1H3,(H,24,26). The molecule has 4 nitrogen and oxygen atoms in total. The van der Waals surface area contributed by atoms with E-state index in [1.54, 1.807) is 30.5 Å². The molecule has 27 heavy (non-hydrogen) atoms. The molecule has 0 fully saturated rings. The zero-order valence-electron chi connectivity index (χ0n) is 14.7.